The number of piperidine rings is 1. The monoisotopic (exact) mass is 266 g/mol. The van der Waals surface area contributed by atoms with Crippen LogP contribution in [0, 0.1) is 17.3 Å². The Balaban J connectivity index is 1.80. The molecule has 2 aliphatic rings. The summed E-state index contributed by atoms with van der Waals surface area (Å²) in [5.41, 5.74) is 0.561. The molecule has 1 N–H and O–H groups in total. The van der Waals surface area contributed by atoms with Gasteiger partial charge in [-0.15, -0.1) is 0 Å². The maximum Gasteiger partial charge on any atom is 0.0103 e. The van der Waals surface area contributed by atoms with Crippen molar-refractivity contribution in [3.8, 4) is 0 Å². The van der Waals surface area contributed by atoms with Crippen molar-refractivity contribution in [2.45, 2.75) is 65.3 Å². The summed E-state index contributed by atoms with van der Waals surface area (Å²) in [6, 6.07) is 0.865. The summed E-state index contributed by atoms with van der Waals surface area (Å²) in [7, 11) is 2.07. The molecule has 0 spiro atoms. The van der Waals surface area contributed by atoms with Gasteiger partial charge in [0.1, 0.15) is 0 Å². The van der Waals surface area contributed by atoms with Crippen LogP contribution in [0.4, 0.5) is 0 Å². The van der Waals surface area contributed by atoms with Crippen LogP contribution in [-0.2, 0) is 0 Å². The van der Waals surface area contributed by atoms with E-state index in [0.717, 1.165) is 17.9 Å². The average Bonchev–Trinajstić information content (AvgIpc) is 2.34. The smallest absolute Gasteiger partial charge is 0.0103 e. The number of nitrogens with one attached hydrogen (secondary N) is 1. The zero-order valence-corrected chi connectivity index (χ0v) is 13.5. The molecule has 2 nitrogen and oxygen atoms in total. The Kier molecular flexibility index (Phi) is 5.30. The lowest BCUT2D eigenvalue weighted by Gasteiger charge is -2.46. The Morgan fingerprint density at radius 2 is 1.84 bits per heavy atom. The molecule has 1 saturated heterocycles. The quantitative estimate of drug-likeness (QED) is 0.837. The summed E-state index contributed by atoms with van der Waals surface area (Å²) in [4.78, 5) is 2.81. The Morgan fingerprint density at radius 3 is 2.42 bits per heavy atom. The van der Waals surface area contributed by atoms with Gasteiger partial charge in [0.15, 0.2) is 0 Å². The van der Waals surface area contributed by atoms with Gasteiger partial charge in [-0.05, 0) is 82.5 Å². The fraction of sp³-hybridized carbons (Fsp3) is 1.00. The van der Waals surface area contributed by atoms with Crippen LogP contribution in [0.25, 0.3) is 0 Å². The number of likely N-dealkylation sites (tertiary alicyclic amines) is 1. The van der Waals surface area contributed by atoms with E-state index >= 15 is 0 Å². The van der Waals surface area contributed by atoms with E-state index in [1.807, 2.05) is 0 Å². The van der Waals surface area contributed by atoms with Gasteiger partial charge in [0, 0.05) is 6.04 Å². The van der Waals surface area contributed by atoms with E-state index in [4.69, 9.17) is 0 Å². The van der Waals surface area contributed by atoms with Crippen LogP contribution in [0.5, 0.6) is 0 Å². The lowest BCUT2D eigenvalue weighted by Crippen LogP contribution is -2.46. The molecule has 2 heteroatoms. The van der Waals surface area contributed by atoms with Gasteiger partial charge >= 0.3 is 0 Å². The highest BCUT2D eigenvalue weighted by Gasteiger charge is 2.35. The van der Waals surface area contributed by atoms with E-state index in [1.165, 1.54) is 58.2 Å². The molecule has 1 aliphatic heterocycles. The van der Waals surface area contributed by atoms with Gasteiger partial charge in [-0.1, -0.05) is 20.8 Å². The van der Waals surface area contributed by atoms with E-state index < -0.39 is 0 Å². The molecule has 0 amide bonds. The van der Waals surface area contributed by atoms with Gasteiger partial charge in [0.25, 0.3) is 0 Å². The largest absolute Gasteiger partial charge is 0.320 e. The zero-order valence-electron chi connectivity index (χ0n) is 13.5. The van der Waals surface area contributed by atoms with Crippen molar-refractivity contribution in [3.05, 3.63) is 0 Å². The van der Waals surface area contributed by atoms with Crippen molar-refractivity contribution >= 4 is 0 Å². The molecule has 19 heavy (non-hydrogen) atoms. The summed E-state index contributed by atoms with van der Waals surface area (Å²) in [5.74, 6) is 1.88. The third-order valence-electron chi connectivity index (χ3n) is 5.33. The molecule has 2 rings (SSSR count). The van der Waals surface area contributed by atoms with Crippen LogP contribution >= 0.6 is 0 Å². The highest BCUT2D eigenvalue weighted by atomic mass is 15.2. The maximum absolute atomic E-state index is 3.29. The molecule has 2 atom stereocenters. The predicted octanol–water partition coefficient (Wildman–Crippen LogP) is 3.52. The SMILES string of the molecule is CNCCC1CCN(C2CC(C)CC(C)(C)C2)CC1. The van der Waals surface area contributed by atoms with E-state index in [9.17, 15) is 0 Å². The van der Waals surface area contributed by atoms with Gasteiger partial charge in [0.2, 0.25) is 0 Å². The molecule has 0 aromatic carbocycles. The number of hydrogen-bond acceptors (Lipinski definition) is 2. The Hall–Kier alpha value is -0.0800. The van der Waals surface area contributed by atoms with E-state index in [0.29, 0.717) is 5.41 Å². The summed E-state index contributed by atoms with van der Waals surface area (Å²) in [6.45, 7) is 11.3. The Morgan fingerprint density at radius 1 is 1.16 bits per heavy atom. The van der Waals surface area contributed by atoms with Gasteiger partial charge in [0.05, 0.1) is 0 Å². The van der Waals surface area contributed by atoms with E-state index in [-0.39, 0.29) is 0 Å². The molecule has 1 aliphatic carbocycles. The summed E-state index contributed by atoms with van der Waals surface area (Å²) in [6.07, 6.45) is 8.49. The van der Waals surface area contributed by atoms with Crippen LogP contribution in [0.2, 0.25) is 0 Å². The molecule has 0 bridgehead atoms. The second kappa shape index (κ2) is 6.58. The van der Waals surface area contributed by atoms with Crippen LogP contribution in [0.3, 0.4) is 0 Å². The van der Waals surface area contributed by atoms with Gasteiger partial charge in [-0.25, -0.2) is 0 Å². The summed E-state index contributed by atoms with van der Waals surface area (Å²) < 4.78 is 0. The minimum atomic E-state index is 0.561. The first-order valence-corrected chi connectivity index (χ1v) is 8.39. The van der Waals surface area contributed by atoms with Crippen LogP contribution in [-0.4, -0.2) is 37.6 Å². The van der Waals surface area contributed by atoms with Crippen molar-refractivity contribution in [1.29, 1.82) is 0 Å². The lowest BCUT2D eigenvalue weighted by atomic mass is 9.70. The van der Waals surface area contributed by atoms with Crippen LogP contribution in [0.15, 0.2) is 0 Å². The number of hydrogen-bond donors (Lipinski definition) is 1. The molecule has 112 valence electrons. The first-order valence-electron chi connectivity index (χ1n) is 8.39. The molecular formula is C17H34N2. The minimum absolute atomic E-state index is 0.561. The molecule has 1 saturated carbocycles. The average molecular weight is 266 g/mol. The highest BCUT2D eigenvalue weighted by Crippen LogP contribution is 2.41. The predicted molar refractivity (Wildman–Crippen MR) is 83.4 cm³/mol. The fourth-order valence-electron chi connectivity index (χ4n) is 4.53. The molecule has 1 heterocycles. The number of rotatable bonds is 4. The maximum atomic E-state index is 3.29. The standard InChI is InChI=1S/C17H34N2/c1-14-11-16(13-17(2,3)12-14)19-9-6-15(7-10-19)5-8-18-4/h14-16,18H,5-13H2,1-4H3. The normalized spacial score (nSPS) is 33.5. The van der Waals surface area contributed by atoms with Crippen molar-refractivity contribution in [2.24, 2.45) is 17.3 Å². The summed E-state index contributed by atoms with van der Waals surface area (Å²) in [5, 5.41) is 3.29. The molecule has 2 unspecified atom stereocenters. The van der Waals surface area contributed by atoms with Crippen molar-refractivity contribution in [1.82, 2.24) is 10.2 Å². The third kappa shape index (κ3) is 4.46. The fourth-order valence-corrected chi connectivity index (χ4v) is 4.53. The van der Waals surface area contributed by atoms with Gasteiger partial charge in [-0.3, -0.25) is 0 Å². The van der Waals surface area contributed by atoms with Gasteiger partial charge < -0.3 is 10.2 Å². The molecule has 2 fully saturated rings. The second-order valence-corrected chi connectivity index (χ2v) is 7.94. The molecule has 0 aromatic heterocycles. The third-order valence-corrected chi connectivity index (χ3v) is 5.33. The Labute approximate surface area is 120 Å². The van der Waals surface area contributed by atoms with Crippen molar-refractivity contribution in [2.75, 3.05) is 26.7 Å². The highest BCUT2D eigenvalue weighted by molar-refractivity contribution is 4.89. The van der Waals surface area contributed by atoms with E-state index in [1.54, 1.807) is 0 Å². The summed E-state index contributed by atoms with van der Waals surface area (Å²) >= 11 is 0. The second-order valence-electron chi connectivity index (χ2n) is 7.94. The van der Waals surface area contributed by atoms with Gasteiger partial charge in [-0.2, -0.15) is 0 Å². The molecular weight excluding hydrogens is 232 g/mol. The minimum Gasteiger partial charge on any atom is -0.320 e. The molecule has 0 aromatic rings. The number of nitrogens with zero attached hydrogens (tertiary/aromatic N) is 1. The first kappa shape index (κ1) is 15.3. The Bertz CT molecular complexity index is 266. The zero-order chi connectivity index (χ0) is 13.9. The van der Waals surface area contributed by atoms with E-state index in [2.05, 4.69) is 38.0 Å². The molecule has 0 radical (unpaired) electrons. The van der Waals surface area contributed by atoms with Crippen molar-refractivity contribution in [3.63, 3.8) is 0 Å². The lowest BCUT2D eigenvalue weighted by molar-refractivity contribution is 0.0435. The first-order chi connectivity index (χ1) is 9.00. The topological polar surface area (TPSA) is 15.3 Å². The van der Waals surface area contributed by atoms with Crippen LogP contribution in [0.1, 0.15) is 59.3 Å². The van der Waals surface area contributed by atoms with Crippen molar-refractivity contribution < 1.29 is 0 Å². The van der Waals surface area contributed by atoms with Crippen LogP contribution < -0.4 is 5.32 Å².